The van der Waals surface area contributed by atoms with Crippen LogP contribution < -0.4 is 0 Å². The highest BCUT2D eigenvalue weighted by molar-refractivity contribution is 6.70. The van der Waals surface area contributed by atoms with E-state index in [1.165, 1.54) is 14.2 Å². The molecule has 0 aliphatic rings. The molecule has 1 unspecified atom stereocenters. The van der Waals surface area contributed by atoms with E-state index in [1.54, 1.807) is 6.92 Å². The maximum atomic E-state index is 11.6. The molecule has 1 atom stereocenters. The first-order chi connectivity index (χ1) is 7.14. The van der Waals surface area contributed by atoms with Gasteiger partial charge in [-0.1, -0.05) is 0 Å². The Kier molecular flexibility index (Phi) is 5.15. The molecule has 0 saturated heterocycles. The summed E-state index contributed by atoms with van der Waals surface area (Å²) >= 11 is 0. The van der Waals surface area contributed by atoms with E-state index in [2.05, 4.69) is 9.47 Å². The third-order valence-electron chi connectivity index (χ3n) is 1.86. The lowest BCUT2D eigenvalue weighted by Gasteiger charge is -2.32. The molecule has 0 N–H and O–H groups in total. The zero-order valence-corrected chi connectivity index (χ0v) is 11.7. The van der Waals surface area contributed by atoms with Crippen molar-refractivity contribution in [3.8, 4) is 0 Å². The smallest absolute Gasteiger partial charge is 0.337 e. The molecule has 0 radical (unpaired) electrons. The fourth-order valence-electron chi connectivity index (χ4n) is 1.39. The van der Waals surface area contributed by atoms with Crippen LogP contribution in [0.1, 0.15) is 13.3 Å². The Balaban J connectivity index is 4.89. The highest BCUT2D eigenvalue weighted by atomic mass is 28.4. The number of hydrogen-bond acceptors (Lipinski definition) is 5. The summed E-state index contributed by atoms with van der Waals surface area (Å²) in [7, 11) is 0.582. The van der Waals surface area contributed by atoms with Crippen LogP contribution >= 0.6 is 0 Å². The molecule has 94 valence electrons. The number of methoxy groups -OCH3 is 2. The van der Waals surface area contributed by atoms with Crippen molar-refractivity contribution in [2.24, 2.45) is 0 Å². The zero-order chi connectivity index (χ0) is 13.0. The van der Waals surface area contributed by atoms with E-state index >= 15 is 0 Å². The fraction of sp³-hybridized carbons (Fsp3) is 0.800. The predicted molar refractivity (Wildman–Crippen MR) is 61.5 cm³/mol. The van der Waals surface area contributed by atoms with Crippen molar-refractivity contribution < 1.29 is 23.5 Å². The number of esters is 2. The summed E-state index contributed by atoms with van der Waals surface area (Å²) in [5.74, 6) is -1.05. The van der Waals surface area contributed by atoms with Crippen LogP contribution in [0.4, 0.5) is 0 Å². The summed E-state index contributed by atoms with van der Waals surface area (Å²) in [5, 5.41) is 0. The molecule has 0 bridgehead atoms. The van der Waals surface area contributed by atoms with E-state index in [0.29, 0.717) is 0 Å². The van der Waals surface area contributed by atoms with Crippen molar-refractivity contribution in [3.63, 3.8) is 0 Å². The third-order valence-corrected chi connectivity index (χ3v) is 2.92. The summed E-state index contributed by atoms with van der Waals surface area (Å²) in [6.45, 7) is 7.36. The second kappa shape index (κ2) is 5.45. The Bertz CT molecular complexity index is 271. The van der Waals surface area contributed by atoms with Gasteiger partial charge in [-0.15, -0.1) is 0 Å². The highest BCUT2D eigenvalue weighted by Gasteiger charge is 2.42. The van der Waals surface area contributed by atoms with Gasteiger partial charge < -0.3 is 13.9 Å². The maximum Gasteiger partial charge on any atom is 0.337 e. The minimum atomic E-state index is -1.96. The maximum absolute atomic E-state index is 11.6. The summed E-state index contributed by atoms with van der Waals surface area (Å²) in [6, 6.07) is 0. The van der Waals surface area contributed by atoms with Gasteiger partial charge in [0, 0.05) is 0 Å². The quantitative estimate of drug-likeness (QED) is 0.542. The van der Waals surface area contributed by atoms with Crippen molar-refractivity contribution in [2.75, 3.05) is 14.2 Å². The summed E-state index contributed by atoms with van der Waals surface area (Å²) in [5.41, 5.74) is -1.26. The lowest BCUT2D eigenvalue weighted by molar-refractivity contribution is -0.165. The van der Waals surface area contributed by atoms with E-state index in [-0.39, 0.29) is 6.42 Å². The molecule has 0 rings (SSSR count). The number of rotatable bonds is 5. The SMILES string of the molecule is COC(=O)CC(C)(O[Si](C)(C)C)C(=O)OC. The molecule has 16 heavy (non-hydrogen) atoms. The number of carbonyl (C=O) groups excluding carboxylic acids is 2. The van der Waals surface area contributed by atoms with Crippen LogP contribution in [0.15, 0.2) is 0 Å². The molecule has 0 amide bonds. The molecule has 0 aliphatic heterocycles. The topological polar surface area (TPSA) is 61.8 Å². The number of ether oxygens (including phenoxy) is 2. The minimum absolute atomic E-state index is 0.138. The van der Waals surface area contributed by atoms with Gasteiger partial charge in [-0.3, -0.25) is 4.79 Å². The lowest BCUT2D eigenvalue weighted by Crippen LogP contribution is -2.48. The molecule has 0 heterocycles. The Morgan fingerprint density at radius 3 is 1.94 bits per heavy atom. The number of carbonyl (C=O) groups is 2. The van der Waals surface area contributed by atoms with E-state index in [1.807, 2.05) is 19.6 Å². The molecule has 0 fully saturated rings. The Morgan fingerprint density at radius 1 is 1.12 bits per heavy atom. The summed E-state index contributed by atoms with van der Waals surface area (Å²) in [6.07, 6.45) is -0.138. The van der Waals surface area contributed by atoms with Crippen LogP contribution in [0.25, 0.3) is 0 Å². The van der Waals surface area contributed by atoms with E-state index in [4.69, 9.17) is 4.43 Å². The molecule has 0 spiro atoms. The van der Waals surface area contributed by atoms with Gasteiger partial charge in [0.15, 0.2) is 13.9 Å². The van der Waals surface area contributed by atoms with Gasteiger partial charge >= 0.3 is 11.9 Å². The van der Waals surface area contributed by atoms with Gasteiger partial charge in [-0.05, 0) is 26.6 Å². The van der Waals surface area contributed by atoms with E-state index < -0.39 is 25.9 Å². The first-order valence-electron chi connectivity index (χ1n) is 5.00. The first-order valence-corrected chi connectivity index (χ1v) is 8.41. The number of hydrogen-bond donors (Lipinski definition) is 0. The molecular weight excluding hydrogens is 228 g/mol. The monoisotopic (exact) mass is 248 g/mol. The zero-order valence-electron chi connectivity index (χ0n) is 10.7. The Morgan fingerprint density at radius 2 is 1.62 bits per heavy atom. The van der Waals surface area contributed by atoms with Crippen molar-refractivity contribution in [1.82, 2.24) is 0 Å². The lowest BCUT2D eigenvalue weighted by atomic mass is 10.0. The standard InChI is InChI=1S/C10H20O5Si/c1-10(9(12)14-3,7-8(11)13-2)15-16(4,5)6/h7H2,1-6H3. The van der Waals surface area contributed by atoms with Crippen LogP contribution in [0.3, 0.4) is 0 Å². The van der Waals surface area contributed by atoms with Crippen LogP contribution in [-0.4, -0.2) is 40.1 Å². The largest absolute Gasteiger partial charge is 0.469 e. The van der Waals surface area contributed by atoms with Gasteiger partial charge in [-0.2, -0.15) is 0 Å². The molecule has 5 nitrogen and oxygen atoms in total. The average molecular weight is 248 g/mol. The normalized spacial score (nSPS) is 15.1. The fourth-order valence-corrected chi connectivity index (χ4v) is 2.90. The Labute approximate surface area is 97.2 Å². The molecule has 0 saturated carbocycles. The molecule has 0 aromatic heterocycles. The van der Waals surface area contributed by atoms with Crippen molar-refractivity contribution in [1.29, 1.82) is 0 Å². The van der Waals surface area contributed by atoms with E-state index in [0.717, 1.165) is 0 Å². The summed E-state index contributed by atoms with van der Waals surface area (Å²) < 4.78 is 14.9. The van der Waals surface area contributed by atoms with E-state index in [9.17, 15) is 9.59 Å². The third kappa shape index (κ3) is 4.76. The molecule has 6 heteroatoms. The van der Waals surface area contributed by atoms with Crippen LogP contribution in [0, 0.1) is 0 Å². The van der Waals surface area contributed by atoms with Crippen LogP contribution in [-0.2, 0) is 23.5 Å². The minimum Gasteiger partial charge on any atom is -0.469 e. The summed E-state index contributed by atoms with van der Waals surface area (Å²) in [4.78, 5) is 22.9. The second-order valence-electron chi connectivity index (χ2n) is 4.69. The Hall–Kier alpha value is -0.883. The molecule has 0 aromatic carbocycles. The van der Waals surface area contributed by atoms with Gasteiger partial charge in [-0.25, -0.2) is 4.79 Å². The van der Waals surface area contributed by atoms with Gasteiger partial charge in [0.25, 0.3) is 0 Å². The predicted octanol–water partition coefficient (Wildman–Crippen LogP) is 1.33. The second-order valence-corrected chi connectivity index (χ2v) is 9.12. The van der Waals surface area contributed by atoms with Crippen LogP contribution in [0.5, 0.6) is 0 Å². The van der Waals surface area contributed by atoms with Crippen LogP contribution in [0.2, 0.25) is 19.6 Å². The highest BCUT2D eigenvalue weighted by Crippen LogP contribution is 2.23. The van der Waals surface area contributed by atoms with Gasteiger partial charge in [0.1, 0.15) is 0 Å². The molecular formula is C10H20O5Si. The van der Waals surface area contributed by atoms with Crippen molar-refractivity contribution in [3.05, 3.63) is 0 Å². The van der Waals surface area contributed by atoms with Gasteiger partial charge in [0.2, 0.25) is 0 Å². The first kappa shape index (κ1) is 15.1. The molecule has 0 aromatic rings. The van der Waals surface area contributed by atoms with Crippen molar-refractivity contribution in [2.45, 2.75) is 38.6 Å². The molecule has 0 aliphatic carbocycles. The van der Waals surface area contributed by atoms with Crippen molar-refractivity contribution >= 4 is 20.3 Å². The average Bonchev–Trinajstić information content (AvgIpc) is 2.13. The van der Waals surface area contributed by atoms with Gasteiger partial charge in [0.05, 0.1) is 20.6 Å².